The van der Waals surface area contributed by atoms with Crippen LogP contribution in [0, 0.1) is 5.92 Å². The van der Waals surface area contributed by atoms with Crippen molar-refractivity contribution in [2.45, 2.75) is 37.1 Å². The molecule has 4 rings (SSSR count). The number of hydrogen-bond acceptors (Lipinski definition) is 4. The maximum atomic E-state index is 13.1. The molecule has 0 bridgehead atoms. The molecule has 2 aromatic rings. The van der Waals surface area contributed by atoms with Gasteiger partial charge in [0.05, 0.1) is 11.3 Å². The maximum Gasteiger partial charge on any atom is 0.284 e. The quantitative estimate of drug-likeness (QED) is 0.463. The average molecular weight is 503 g/mol. The normalized spacial score (nSPS) is 15.8. The molecule has 0 radical (unpaired) electrons. The van der Waals surface area contributed by atoms with Crippen LogP contribution < -0.4 is 5.32 Å². The molecule has 0 aromatic heterocycles. The summed E-state index contributed by atoms with van der Waals surface area (Å²) in [6, 6.07) is 10.3. The Labute approximate surface area is 204 Å². The fraction of sp³-hybridized carbons (Fsp3) is 0.375. The first-order valence-corrected chi connectivity index (χ1v) is 12.9. The zero-order chi connectivity index (χ0) is 24.5. The fourth-order valence-electron chi connectivity index (χ4n) is 3.97. The van der Waals surface area contributed by atoms with Gasteiger partial charge in [-0.25, -0.2) is 0 Å². The van der Waals surface area contributed by atoms with Gasteiger partial charge in [-0.2, -0.15) is 8.42 Å². The van der Waals surface area contributed by atoms with Gasteiger partial charge in [0, 0.05) is 43.8 Å². The van der Waals surface area contributed by atoms with E-state index in [-0.39, 0.29) is 29.0 Å². The van der Waals surface area contributed by atoms with Gasteiger partial charge in [0.2, 0.25) is 11.8 Å². The maximum absolute atomic E-state index is 13.1. The van der Waals surface area contributed by atoms with Crippen LogP contribution in [0.15, 0.2) is 45.7 Å². The molecule has 1 N–H and O–H groups in total. The molecule has 1 aliphatic heterocycles. The SMILES string of the molecule is CN(C)C=NS(=O)(=O)c1cc(NC(=O)Cc2ccccc2Cl)cc2c1CCN(C(=O)C1CC1)C2. The molecule has 0 saturated heterocycles. The summed E-state index contributed by atoms with van der Waals surface area (Å²) >= 11 is 6.17. The Morgan fingerprint density at radius 2 is 1.97 bits per heavy atom. The molecule has 2 aliphatic rings. The van der Waals surface area contributed by atoms with E-state index < -0.39 is 10.0 Å². The van der Waals surface area contributed by atoms with E-state index in [1.54, 1.807) is 49.3 Å². The number of amides is 2. The average Bonchev–Trinajstić information content (AvgIpc) is 3.63. The zero-order valence-corrected chi connectivity index (χ0v) is 20.7. The van der Waals surface area contributed by atoms with E-state index in [1.807, 2.05) is 0 Å². The highest BCUT2D eigenvalue weighted by atomic mass is 35.5. The molecule has 2 aromatic carbocycles. The van der Waals surface area contributed by atoms with Crippen molar-refractivity contribution in [3.8, 4) is 0 Å². The van der Waals surface area contributed by atoms with Crippen LogP contribution >= 0.6 is 11.6 Å². The number of sulfonamides is 1. The molecule has 1 saturated carbocycles. The Morgan fingerprint density at radius 3 is 2.65 bits per heavy atom. The predicted octanol–water partition coefficient (Wildman–Crippen LogP) is 3.09. The summed E-state index contributed by atoms with van der Waals surface area (Å²) in [5, 5.41) is 3.28. The van der Waals surface area contributed by atoms with Crippen molar-refractivity contribution >= 4 is 45.5 Å². The van der Waals surface area contributed by atoms with Crippen LogP contribution in [0.1, 0.15) is 29.5 Å². The number of rotatable bonds is 7. The molecule has 1 aliphatic carbocycles. The summed E-state index contributed by atoms with van der Waals surface area (Å²) in [6.45, 7) is 0.763. The number of nitrogens with one attached hydrogen (secondary N) is 1. The standard InChI is InChI=1S/C24H27ClN4O4S/c1-28(2)15-26-34(32,33)22-13-19(27-23(30)12-17-5-3-4-6-21(17)25)11-18-14-29(10-9-20(18)22)24(31)16-7-8-16/h3-6,11,13,15-16H,7-10,12,14H2,1-2H3,(H,27,30). The Kier molecular flexibility index (Phi) is 6.95. The highest BCUT2D eigenvalue weighted by molar-refractivity contribution is 7.90. The number of hydrogen-bond donors (Lipinski definition) is 1. The minimum absolute atomic E-state index is 0.0456. The summed E-state index contributed by atoms with van der Waals surface area (Å²) in [5.41, 5.74) is 2.36. The first kappa shape index (κ1) is 24.2. The number of benzene rings is 2. The van der Waals surface area contributed by atoms with Crippen molar-refractivity contribution in [2.75, 3.05) is 26.0 Å². The van der Waals surface area contributed by atoms with Gasteiger partial charge in [-0.15, -0.1) is 4.40 Å². The van der Waals surface area contributed by atoms with Crippen LogP contribution in [-0.4, -0.2) is 57.0 Å². The second kappa shape index (κ2) is 9.76. The number of nitrogens with zero attached hydrogens (tertiary/aromatic N) is 3. The van der Waals surface area contributed by atoms with Crippen LogP contribution in [0.25, 0.3) is 0 Å². The molecule has 0 unspecified atom stereocenters. The topological polar surface area (TPSA) is 99.2 Å². The number of fused-ring (bicyclic) bond motifs is 1. The second-order valence-electron chi connectivity index (χ2n) is 8.87. The van der Waals surface area contributed by atoms with Crippen LogP contribution in [0.5, 0.6) is 0 Å². The first-order chi connectivity index (χ1) is 16.1. The summed E-state index contributed by atoms with van der Waals surface area (Å²) in [4.78, 5) is 28.7. The van der Waals surface area contributed by atoms with Gasteiger partial charge in [-0.1, -0.05) is 29.8 Å². The molecule has 1 heterocycles. The molecular formula is C24H27ClN4O4S. The molecule has 8 nitrogen and oxygen atoms in total. The van der Waals surface area contributed by atoms with E-state index in [9.17, 15) is 18.0 Å². The lowest BCUT2D eigenvalue weighted by molar-refractivity contribution is -0.133. The van der Waals surface area contributed by atoms with Crippen LogP contribution in [0.3, 0.4) is 0 Å². The van der Waals surface area contributed by atoms with Crippen molar-refractivity contribution < 1.29 is 18.0 Å². The van der Waals surface area contributed by atoms with Crippen LogP contribution in [0.4, 0.5) is 5.69 Å². The van der Waals surface area contributed by atoms with E-state index in [0.717, 1.165) is 12.8 Å². The van der Waals surface area contributed by atoms with E-state index >= 15 is 0 Å². The van der Waals surface area contributed by atoms with Gasteiger partial charge in [0.1, 0.15) is 6.34 Å². The molecule has 180 valence electrons. The number of carbonyl (C=O) groups excluding carboxylic acids is 2. The third-order valence-corrected chi connectivity index (χ3v) is 7.48. The van der Waals surface area contributed by atoms with E-state index in [0.29, 0.717) is 46.9 Å². The van der Waals surface area contributed by atoms with Gasteiger partial charge in [0.25, 0.3) is 10.0 Å². The monoisotopic (exact) mass is 502 g/mol. The van der Waals surface area contributed by atoms with Crippen molar-refractivity contribution in [3.05, 3.63) is 58.1 Å². The summed E-state index contributed by atoms with van der Waals surface area (Å²) in [6.07, 6.45) is 3.49. The van der Waals surface area contributed by atoms with Gasteiger partial charge in [0.15, 0.2) is 0 Å². The van der Waals surface area contributed by atoms with Crippen LogP contribution in [0.2, 0.25) is 5.02 Å². The summed E-state index contributed by atoms with van der Waals surface area (Å²) in [7, 11) is -0.647. The van der Waals surface area contributed by atoms with Crippen molar-refractivity contribution in [1.29, 1.82) is 0 Å². The molecule has 10 heteroatoms. The number of carbonyl (C=O) groups is 2. The predicted molar refractivity (Wildman–Crippen MR) is 131 cm³/mol. The van der Waals surface area contributed by atoms with Gasteiger partial charge >= 0.3 is 0 Å². The molecule has 34 heavy (non-hydrogen) atoms. The third kappa shape index (κ3) is 5.59. The van der Waals surface area contributed by atoms with Gasteiger partial charge in [-0.3, -0.25) is 9.59 Å². The van der Waals surface area contributed by atoms with E-state index in [1.165, 1.54) is 17.3 Å². The number of halogens is 1. The molecular weight excluding hydrogens is 476 g/mol. The Hall–Kier alpha value is -2.91. The Balaban J connectivity index is 1.66. The van der Waals surface area contributed by atoms with E-state index in [2.05, 4.69) is 9.71 Å². The highest BCUT2D eigenvalue weighted by Gasteiger charge is 2.36. The molecule has 0 atom stereocenters. The van der Waals surface area contributed by atoms with Gasteiger partial charge < -0.3 is 15.1 Å². The largest absolute Gasteiger partial charge is 0.368 e. The first-order valence-electron chi connectivity index (χ1n) is 11.1. The summed E-state index contributed by atoms with van der Waals surface area (Å²) < 4.78 is 29.9. The lowest BCUT2D eigenvalue weighted by Gasteiger charge is -2.30. The highest BCUT2D eigenvalue weighted by Crippen LogP contribution is 2.35. The van der Waals surface area contributed by atoms with Gasteiger partial charge in [-0.05, 0) is 54.2 Å². The molecule has 1 fully saturated rings. The summed E-state index contributed by atoms with van der Waals surface area (Å²) in [5.74, 6) is -0.142. The van der Waals surface area contributed by atoms with Crippen LogP contribution in [-0.2, 0) is 39.0 Å². The minimum Gasteiger partial charge on any atom is -0.368 e. The second-order valence-corrected chi connectivity index (χ2v) is 10.9. The zero-order valence-electron chi connectivity index (χ0n) is 19.1. The minimum atomic E-state index is -4.01. The van der Waals surface area contributed by atoms with Crippen molar-refractivity contribution in [1.82, 2.24) is 9.80 Å². The fourth-order valence-corrected chi connectivity index (χ4v) is 5.42. The smallest absolute Gasteiger partial charge is 0.284 e. The van der Waals surface area contributed by atoms with Crippen molar-refractivity contribution in [3.63, 3.8) is 0 Å². The third-order valence-electron chi connectivity index (χ3n) is 5.82. The lowest BCUT2D eigenvalue weighted by Crippen LogP contribution is -2.37. The molecule has 2 amide bonds. The molecule has 0 spiro atoms. The lowest BCUT2D eigenvalue weighted by atomic mass is 9.98. The Bertz CT molecular complexity index is 1260. The van der Waals surface area contributed by atoms with Crippen molar-refractivity contribution in [2.24, 2.45) is 10.3 Å². The Morgan fingerprint density at radius 1 is 1.24 bits per heavy atom. The number of anilines is 1. The van der Waals surface area contributed by atoms with E-state index in [4.69, 9.17) is 11.6 Å².